The van der Waals surface area contributed by atoms with Crippen LogP contribution in [0.5, 0.6) is 5.75 Å². The highest BCUT2D eigenvalue weighted by atomic mass is 32.2. The smallest absolute Gasteiger partial charge is 0.241 e. The van der Waals surface area contributed by atoms with E-state index in [2.05, 4.69) is 17.0 Å². The van der Waals surface area contributed by atoms with Crippen molar-refractivity contribution in [3.63, 3.8) is 0 Å². The first-order valence-electron chi connectivity index (χ1n) is 9.25. The van der Waals surface area contributed by atoms with Gasteiger partial charge in [-0.2, -0.15) is 0 Å². The van der Waals surface area contributed by atoms with Gasteiger partial charge in [-0.15, -0.1) is 0 Å². The molecule has 0 amide bonds. The SMILES string of the molecule is NS(=O)(=O)c1cc2c(cc1F)[C@H](N1CCCC[C@H]1c1ccccc1)CCO2. The fourth-order valence-electron chi connectivity index (χ4n) is 4.29. The van der Waals surface area contributed by atoms with Crippen LogP contribution >= 0.6 is 0 Å². The van der Waals surface area contributed by atoms with Gasteiger partial charge in [0.1, 0.15) is 16.5 Å². The van der Waals surface area contributed by atoms with Gasteiger partial charge in [0, 0.05) is 30.1 Å². The molecule has 2 N–H and O–H groups in total. The fraction of sp³-hybridized carbons (Fsp3) is 0.400. The van der Waals surface area contributed by atoms with E-state index in [4.69, 9.17) is 9.88 Å². The average Bonchev–Trinajstić information content (AvgIpc) is 2.67. The van der Waals surface area contributed by atoms with Crippen LogP contribution in [0.25, 0.3) is 0 Å². The van der Waals surface area contributed by atoms with Gasteiger partial charge < -0.3 is 4.74 Å². The molecule has 7 heteroatoms. The Bertz CT molecular complexity index is 934. The summed E-state index contributed by atoms with van der Waals surface area (Å²) in [6.45, 7) is 1.38. The maximum absolute atomic E-state index is 14.5. The van der Waals surface area contributed by atoms with Crippen LogP contribution in [0.15, 0.2) is 47.4 Å². The first kappa shape index (κ1) is 18.4. The van der Waals surface area contributed by atoms with Crippen molar-refractivity contribution in [2.24, 2.45) is 5.14 Å². The molecule has 2 aliphatic rings. The molecule has 2 aromatic rings. The molecule has 5 nitrogen and oxygen atoms in total. The minimum atomic E-state index is -4.13. The Hall–Kier alpha value is -1.96. The maximum Gasteiger partial charge on any atom is 0.241 e. The third-order valence-corrected chi connectivity index (χ3v) is 6.43. The number of nitrogens with zero attached hydrogens (tertiary/aromatic N) is 1. The molecule has 1 saturated heterocycles. The maximum atomic E-state index is 14.5. The second-order valence-electron chi connectivity index (χ2n) is 7.18. The van der Waals surface area contributed by atoms with Gasteiger partial charge in [-0.25, -0.2) is 17.9 Å². The first-order chi connectivity index (χ1) is 12.9. The second kappa shape index (κ2) is 7.22. The largest absolute Gasteiger partial charge is 0.493 e. The normalized spacial score (nSPS) is 23.5. The molecule has 0 unspecified atom stereocenters. The molecular formula is C20H23FN2O3S. The number of fused-ring (bicyclic) bond motifs is 1. The van der Waals surface area contributed by atoms with E-state index in [9.17, 15) is 12.8 Å². The van der Waals surface area contributed by atoms with Crippen LogP contribution in [-0.4, -0.2) is 26.5 Å². The molecule has 0 aromatic heterocycles. The number of rotatable bonds is 3. The van der Waals surface area contributed by atoms with Gasteiger partial charge in [-0.3, -0.25) is 4.90 Å². The van der Waals surface area contributed by atoms with E-state index in [-0.39, 0.29) is 12.1 Å². The monoisotopic (exact) mass is 390 g/mol. The number of likely N-dealkylation sites (tertiary alicyclic amines) is 1. The predicted molar refractivity (Wildman–Crippen MR) is 100 cm³/mol. The molecule has 0 aliphatic carbocycles. The summed E-state index contributed by atoms with van der Waals surface area (Å²) in [7, 11) is -4.13. The number of hydrogen-bond acceptors (Lipinski definition) is 4. The minimum Gasteiger partial charge on any atom is -0.493 e. The number of ether oxygens (including phenoxy) is 1. The van der Waals surface area contributed by atoms with E-state index in [0.29, 0.717) is 17.9 Å². The Labute approximate surface area is 159 Å². The Morgan fingerprint density at radius 1 is 1.07 bits per heavy atom. The lowest BCUT2D eigenvalue weighted by molar-refractivity contribution is 0.0665. The van der Waals surface area contributed by atoms with Crippen molar-refractivity contribution >= 4 is 10.0 Å². The predicted octanol–water partition coefficient (Wildman–Crippen LogP) is 3.52. The molecule has 2 aromatic carbocycles. The molecule has 144 valence electrons. The number of hydrogen-bond donors (Lipinski definition) is 1. The molecule has 0 bridgehead atoms. The number of sulfonamides is 1. The Morgan fingerprint density at radius 3 is 2.59 bits per heavy atom. The van der Waals surface area contributed by atoms with Gasteiger partial charge in [-0.05, 0) is 31.0 Å². The lowest BCUT2D eigenvalue weighted by Crippen LogP contribution is -2.39. The topological polar surface area (TPSA) is 72.6 Å². The summed E-state index contributed by atoms with van der Waals surface area (Å²) in [4.78, 5) is 1.90. The zero-order valence-corrected chi connectivity index (χ0v) is 15.8. The molecule has 27 heavy (non-hydrogen) atoms. The molecule has 4 rings (SSSR count). The summed E-state index contributed by atoms with van der Waals surface area (Å²) in [5.74, 6) is -0.408. The third kappa shape index (κ3) is 3.59. The average molecular weight is 390 g/mol. The summed E-state index contributed by atoms with van der Waals surface area (Å²) in [6.07, 6.45) is 4.04. The van der Waals surface area contributed by atoms with Crippen molar-refractivity contribution in [1.29, 1.82) is 0 Å². The number of halogens is 1. The van der Waals surface area contributed by atoms with E-state index >= 15 is 0 Å². The zero-order chi connectivity index (χ0) is 19.0. The molecule has 0 radical (unpaired) electrons. The standard InChI is InChI=1S/C20H23FN2O3S/c21-16-12-15-18(9-11-26-19(15)13-20(16)27(22,24)25)23-10-5-4-8-17(23)14-6-2-1-3-7-14/h1-3,6-7,12-13,17-18H,4-5,8-11H2,(H2,22,24,25)/t17-,18+/m0/s1. The Morgan fingerprint density at radius 2 is 1.85 bits per heavy atom. The lowest BCUT2D eigenvalue weighted by atomic mass is 9.89. The van der Waals surface area contributed by atoms with Crippen LogP contribution in [0.3, 0.4) is 0 Å². The fourth-order valence-corrected chi connectivity index (χ4v) is 4.90. The highest BCUT2D eigenvalue weighted by Gasteiger charge is 2.35. The Kier molecular flexibility index (Phi) is 4.92. The molecule has 2 aliphatic heterocycles. The van der Waals surface area contributed by atoms with Gasteiger partial charge in [0.15, 0.2) is 0 Å². The number of primary sulfonamides is 1. The van der Waals surface area contributed by atoms with Crippen LogP contribution in [0.4, 0.5) is 4.39 Å². The minimum absolute atomic E-state index is 0.0108. The summed E-state index contributed by atoms with van der Waals surface area (Å²) in [5, 5.41) is 5.13. The second-order valence-corrected chi connectivity index (χ2v) is 8.71. The van der Waals surface area contributed by atoms with Gasteiger partial charge >= 0.3 is 0 Å². The summed E-state index contributed by atoms with van der Waals surface area (Å²) in [5.41, 5.74) is 1.96. The molecule has 2 heterocycles. The van der Waals surface area contributed by atoms with Crippen molar-refractivity contribution in [3.05, 3.63) is 59.4 Å². The molecule has 1 fully saturated rings. The van der Waals surface area contributed by atoms with Crippen LogP contribution in [0.2, 0.25) is 0 Å². The summed E-state index contributed by atoms with van der Waals surface area (Å²) >= 11 is 0. The van der Waals surface area contributed by atoms with Gasteiger partial charge in [0.05, 0.1) is 6.61 Å². The lowest BCUT2D eigenvalue weighted by Gasteiger charge is -2.43. The van der Waals surface area contributed by atoms with Crippen molar-refractivity contribution < 1.29 is 17.5 Å². The quantitative estimate of drug-likeness (QED) is 0.870. The van der Waals surface area contributed by atoms with Crippen LogP contribution in [0, 0.1) is 5.82 Å². The summed E-state index contributed by atoms with van der Waals surface area (Å²) < 4.78 is 43.4. The van der Waals surface area contributed by atoms with Crippen molar-refractivity contribution in [2.45, 2.75) is 42.7 Å². The summed E-state index contributed by atoms with van der Waals surface area (Å²) in [6, 6.07) is 13.1. The molecule has 0 saturated carbocycles. The van der Waals surface area contributed by atoms with Crippen LogP contribution < -0.4 is 9.88 Å². The third-order valence-electron chi connectivity index (χ3n) is 5.51. The van der Waals surface area contributed by atoms with E-state index in [1.165, 1.54) is 17.7 Å². The zero-order valence-electron chi connectivity index (χ0n) is 15.0. The molecular weight excluding hydrogens is 367 g/mol. The van der Waals surface area contributed by atoms with E-state index in [0.717, 1.165) is 32.2 Å². The van der Waals surface area contributed by atoms with E-state index in [1.54, 1.807) is 0 Å². The molecule has 0 spiro atoms. The highest BCUT2D eigenvalue weighted by Crippen LogP contribution is 2.44. The van der Waals surface area contributed by atoms with Gasteiger partial charge in [0.25, 0.3) is 0 Å². The number of nitrogens with two attached hydrogens (primary N) is 1. The van der Waals surface area contributed by atoms with Gasteiger partial charge in [0.2, 0.25) is 10.0 Å². The van der Waals surface area contributed by atoms with E-state index < -0.39 is 20.7 Å². The van der Waals surface area contributed by atoms with Crippen molar-refractivity contribution in [3.8, 4) is 5.75 Å². The van der Waals surface area contributed by atoms with Gasteiger partial charge in [-0.1, -0.05) is 36.8 Å². The molecule has 2 atom stereocenters. The van der Waals surface area contributed by atoms with Crippen LogP contribution in [0.1, 0.15) is 48.9 Å². The Balaban J connectivity index is 1.74. The van der Waals surface area contributed by atoms with Crippen LogP contribution in [-0.2, 0) is 10.0 Å². The first-order valence-corrected chi connectivity index (χ1v) is 10.8. The van der Waals surface area contributed by atoms with E-state index in [1.807, 2.05) is 18.2 Å². The number of benzene rings is 2. The van der Waals surface area contributed by atoms with Crippen molar-refractivity contribution in [2.75, 3.05) is 13.2 Å². The highest BCUT2D eigenvalue weighted by molar-refractivity contribution is 7.89. The van der Waals surface area contributed by atoms with Crippen molar-refractivity contribution in [1.82, 2.24) is 4.90 Å². The number of piperidine rings is 1.